The maximum atomic E-state index is 13.6. The zero-order chi connectivity index (χ0) is 30.4. The van der Waals surface area contributed by atoms with Crippen molar-refractivity contribution in [3.63, 3.8) is 0 Å². The van der Waals surface area contributed by atoms with Crippen LogP contribution in [0.1, 0.15) is 59.2 Å². The number of hydrogen-bond donors (Lipinski definition) is 4. The molecule has 1 aliphatic carbocycles. The monoisotopic (exact) mass is 597 g/mol. The van der Waals surface area contributed by atoms with E-state index in [0.717, 1.165) is 54.4 Å². The van der Waals surface area contributed by atoms with Crippen LogP contribution >= 0.6 is 0 Å². The van der Waals surface area contributed by atoms with Gasteiger partial charge in [0.2, 0.25) is 0 Å². The van der Waals surface area contributed by atoms with Gasteiger partial charge in [-0.05, 0) is 86.1 Å². The summed E-state index contributed by atoms with van der Waals surface area (Å²) in [5.41, 5.74) is 5.49. The minimum Gasteiger partial charge on any atom is -0.870 e. The van der Waals surface area contributed by atoms with Crippen molar-refractivity contribution in [1.82, 2.24) is 5.32 Å². The van der Waals surface area contributed by atoms with Gasteiger partial charge in [0.05, 0.1) is 25.5 Å². The Labute approximate surface area is 270 Å². The molecule has 0 aromatic heterocycles. The molecule has 10 nitrogen and oxygen atoms in total. The van der Waals surface area contributed by atoms with Crippen molar-refractivity contribution in [2.45, 2.75) is 58.9 Å². The van der Waals surface area contributed by atoms with Crippen LogP contribution in [0.15, 0.2) is 48.5 Å². The molecule has 4 rings (SSSR count). The van der Waals surface area contributed by atoms with Crippen LogP contribution in [0.3, 0.4) is 0 Å². The molecule has 0 aliphatic heterocycles. The van der Waals surface area contributed by atoms with Crippen LogP contribution in [-0.4, -0.2) is 48.8 Å². The Morgan fingerprint density at radius 2 is 1.41 bits per heavy atom. The summed E-state index contributed by atoms with van der Waals surface area (Å²) in [7, 11) is 3.10. The van der Waals surface area contributed by atoms with Crippen molar-refractivity contribution in [2.75, 3.05) is 24.9 Å². The normalized spacial score (nSPS) is 13.4. The third-order valence-electron chi connectivity index (χ3n) is 7.82. The summed E-state index contributed by atoms with van der Waals surface area (Å²) in [6, 6.07) is 12.9. The van der Waals surface area contributed by atoms with Crippen LogP contribution in [0.4, 0.5) is 16.2 Å². The minimum absolute atomic E-state index is 0. The topological polar surface area (TPSA) is 156 Å². The molecular weight excluding hydrogens is 557 g/mol. The number of anilines is 2. The summed E-state index contributed by atoms with van der Waals surface area (Å²) in [6.45, 7) is 5.83. The fourth-order valence-corrected chi connectivity index (χ4v) is 5.75. The smallest absolute Gasteiger partial charge is 0.870 e. The molecule has 3 aromatic carbocycles. The number of methoxy groups -OCH3 is 2. The number of ether oxygens (including phenoxy) is 2. The van der Waals surface area contributed by atoms with Crippen LogP contribution in [0, 0.1) is 26.7 Å². The van der Waals surface area contributed by atoms with Crippen LogP contribution in [0.2, 0.25) is 0 Å². The number of aliphatic carboxylic acids is 1. The number of carboxylic acids is 1. The molecule has 0 saturated heterocycles. The number of hydrogen-bond acceptors (Lipinski definition) is 6. The van der Waals surface area contributed by atoms with E-state index in [2.05, 4.69) is 16.0 Å². The van der Waals surface area contributed by atoms with Gasteiger partial charge < -0.3 is 36.0 Å². The Bertz CT molecular complexity index is 1470. The van der Waals surface area contributed by atoms with E-state index in [1.807, 2.05) is 39.0 Å². The zero-order valence-electron chi connectivity index (χ0n) is 26.2. The van der Waals surface area contributed by atoms with Gasteiger partial charge in [-0.1, -0.05) is 49.1 Å². The van der Waals surface area contributed by atoms with E-state index in [9.17, 15) is 19.5 Å². The van der Waals surface area contributed by atoms with E-state index in [4.69, 9.17) is 9.47 Å². The molecule has 5 N–H and O–H groups in total. The fraction of sp³-hybridized carbons (Fsp3) is 0.364. The summed E-state index contributed by atoms with van der Waals surface area (Å²) in [4.78, 5) is 39.0. The number of benzene rings is 3. The van der Waals surface area contributed by atoms with Crippen molar-refractivity contribution < 1.29 is 53.3 Å². The molecule has 0 bridgehead atoms. The summed E-state index contributed by atoms with van der Waals surface area (Å²) in [5, 5.41) is 18.4. The van der Waals surface area contributed by atoms with Crippen LogP contribution in [0.5, 0.6) is 11.5 Å². The van der Waals surface area contributed by atoms with E-state index in [-0.39, 0.29) is 41.5 Å². The largest absolute Gasteiger partial charge is 1.00 e. The van der Waals surface area contributed by atoms with E-state index >= 15 is 0 Å². The number of aryl methyl sites for hydroxylation is 3. The summed E-state index contributed by atoms with van der Waals surface area (Å²) in [5.74, 6) is -0.662. The molecule has 11 heteroatoms. The molecule has 230 valence electrons. The summed E-state index contributed by atoms with van der Waals surface area (Å²) < 4.78 is 10.8. The molecule has 3 amide bonds. The van der Waals surface area contributed by atoms with E-state index in [0.29, 0.717) is 22.7 Å². The van der Waals surface area contributed by atoms with Gasteiger partial charge in [0.25, 0.3) is 5.91 Å². The number of carboxylic acid groups (broad SMARTS) is 1. The molecule has 1 fully saturated rings. The predicted molar refractivity (Wildman–Crippen MR) is 166 cm³/mol. The molecule has 1 aliphatic rings. The number of carbonyl (C=O) groups is 3. The van der Waals surface area contributed by atoms with Crippen LogP contribution in [-0.2, 0) is 4.79 Å². The average Bonchev–Trinajstić information content (AvgIpc) is 2.97. The maximum absolute atomic E-state index is 13.6. The quantitative estimate of drug-likeness (QED) is 0.275. The Morgan fingerprint density at radius 1 is 0.818 bits per heavy atom. The Balaban J connectivity index is 0.00000337. The van der Waals surface area contributed by atoms with Gasteiger partial charge in [-0.25, -0.2) is 9.59 Å². The number of rotatable bonds is 9. The summed E-state index contributed by atoms with van der Waals surface area (Å²) in [6.07, 6.45) is 4.44. The molecule has 0 heterocycles. The molecule has 0 radical (unpaired) electrons. The first kappa shape index (κ1) is 36.2. The first-order chi connectivity index (χ1) is 20.1. The molecular formula is C33H40LiN3O7. The van der Waals surface area contributed by atoms with Crippen molar-refractivity contribution in [3.8, 4) is 22.6 Å². The van der Waals surface area contributed by atoms with Gasteiger partial charge in [-0.15, -0.1) is 0 Å². The molecule has 1 saturated carbocycles. The van der Waals surface area contributed by atoms with Crippen molar-refractivity contribution in [1.29, 1.82) is 0 Å². The first-order valence-corrected chi connectivity index (χ1v) is 14.2. The van der Waals surface area contributed by atoms with Gasteiger partial charge >= 0.3 is 30.9 Å². The predicted octanol–water partition coefficient (Wildman–Crippen LogP) is 3.53. The second-order valence-electron chi connectivity index (χ2n) is 10.9. The SMILES string of the molecule is COc1ccc(-c2ccc(C(=O)N[C@H](C(=O)O)C3CCCCC3)c(NC(=O)Nc3c(C)cc(C)cc3C)c2)cc1OC.[Li+].[OH-]. The Hall–Kier alpha value is -3.97. The van der Waals surface area contributed by atoms with Gasteiger partial charge in [0.1, 0.15) is 6.04 Å². The molecule has 0 unspecified atom stereocenters. The number of carbonyl (C=O) groups excluding carboxylic acids is 2. The second-order valence-corrected chi connectivity index (χ2v) is 10.9. The van der Waals surface area contributed by atoms with Crippen molar-refractivity contribution in [2.24, 2.45) is 5.92 Å². The number of urea groups is 1. The Kier molecular flexibility index (Phi) is 13.3. The second kappa shape index (κ2) is 16.2. The van der Waals surface area contributed by atoms with Crippen molar-refractivity contribution in [3.05, 3.63) is 70.8 Å². The van der Waals surface area contributed by atoms with E-state index < -0.39 is 23.9 Å². The third kappa shape index (κ3) is 8.56. The standard InChI is InChI=1S/C33H39N3O6.Li.H2O/c1-19-15-20(2)29(21(3)16-19)36-33(40)34-26-17-23(24-12-14-27(41-4)28(18-24)42-5)11-13-25(26)31(37)35-30(32(38)39)22-9-7-6-8-10-22;;/h11-18,22,30H,6-10H2,1-5H3,(H,35,37)(H,38,39)(H2,34,36,40);;1H2/q;+1;/p-1/t30-;;/m0../s1. The van der Waals surface area contributed by atoms with Gasteiger partial charge in [-0.3, -0.25) is 4.79 Å². The van der Waals surface area contributed by atoms with E-state index in [1.165, 1.54) is 0 Å². The van der Waals surface area contributed by atoms with E-state index in [1.54, 1.807) is 44.6 Å². The molecule has 1 atom stereocenters. The molecule has 0 spiro atoms. The fourth-order valence-electron chi connectivity index (χ4n) is 5.75. The zero-order valence-corrected chi connectivity index (χ0v) is 26.2. The molecule has 44 heavy (non-hydrogen) atoms. The third-order valence-corrected chi connectivity index (χ3v) is 7.82. The average molecular weight is 598 g/mol. The molecule has 3 aromatic rings. The van der Waals surface area contributed by atoms with Crippen LogP contribution < -0.4 is 44.3 Å². The first-order valence-electron chi connectivity index (χ1n) is 14.2. The maximum Gasteiger partial charge on any atom is 1.00 e. The number of nitrogens with one attached hydrogen (secondary N) is 3. The Morgan fingerprint density at radius 3 is 2.00 bits per heavy atom. The summed E-state index contributed by atoms with van der Waals surface area (Å²) >= 11 is 0. The number of amides is 3. The van der Waals surface area contributed by atoms with Gasteiger partial charge in [-0.2, -0.15) is 0 Å². The van der Waals surface area contributed by atoms with Crippen molar-refractivity contribution >= 4 is 29.3 Å². The minimum atomic E-state index is -1.06. The van der Waals surface area contributed by atoms with Gasteiger partial charge in [0, 0.05) is 5.69 Å². The van der Waals surface area contributed by atoms with Gasteiger partial charge in [0.15, 0.2) is 11.5 Å². The van der Waals surface area contributed by atoms with Crippen LogP contribution in [0.25, 0.3) is 11.1 Å².